The van der Waals surface area contributed by atoms with Gasteiger partial charge >= 0.3 is 0 Å². The summed E-state index contributed by atoms with van der Waals surface area (Å²) < 4.78 is 2.19. The highest BCUT2D eigenvalue weighted by molar-refractivity contribution is 5.56. The molecule has 0 amide bonds. The SMILES string of the molecule is CNCc1c(N(C)C2CCN(C)CC2)nc2ccccn12. The van der Waals surface area contributed by atoms with Gasteiger partial charge in [-0.1, -0.05) is 6.07 Å². The Kier molecular flexibility index (Phi) is 4.12. The van der Waals surface area contributed by atoms with Crippen molar-refractivity contribution in [2.75, 3.05) is 39.1 Å². The topological polar surface area (TPSA) is 35.8 Å². The largest absolute Gasteiger partial charge is 0.355 e. The van der Waals surface area contributed by atoms with Gasteiger partial charge in [0.15, 0.2) is 5.82 Å². The van der Waals surface area contributed by atoms with E-state index < -0.39 is 0 Å². The Labute approximate surface area is 126 Å². The van der Waals surface area contributed by atoms with E-state index >= 15 is 0 Å². The Bertz CT molecular complexity index is 598. The van der Waals surface area contributed by atoms with Crippen molar-refractivity contribution < 1.29 is 0 Å². The number of pyridine rings is 1. The molecule has 1 aliphatic rings. The highest BCUT2D eigenvalue weighted by Crippen LogP contribution is 2.25. The Morgan fingerprint density at radius 3 is 2.81 bits per heavy atom. The summed E-state index contributed by atoms with van der Waals surface area (Å²) in [5.74, 6) is 1.12. The average Bonchev–Trinajstić information content (AvgIpc) is 2.87. The van der Waals surface area contributed by atoms with Crippen molar-refractivity contribution in [1.29, 1.82) is 0 Å². The summed E-state index contributed by atoms with van der Waals surface area (Å²) in [5, 5.41) is 3.27. The molecule has 0 aromatic carbocycles. The van der Waals surface area contributed by atoms with E-state index in [4.69, 9.17) is 4.98 Å². The third-order valence-electron chi connectivity index (χ3n) is 4.52. The molecule has 5 nitrogen and oxygen atoms in total. The fourth-order valence-corrected chi connectivity index (χ4v) is 3.20. The van der Waals surface area contributed by atoms with Gasteiger partial charge in [0.1, 0.15) is 5.65 Å². The quantitative estimate of drug-likeness (QED) is 0.926. The zero-order valence-electron chi connectivity index (χ0n) is 13.2. The minimum atomic E-state index is 0.585. The molecule has 0 atom stereocenters. The fourth-order valence-electron chi connectivity index (χ4n) is 3.20. The van der Waals surface area contributed by atoms with Gasteiger partial charge in [-0.25, -0.2) is 4.98 Å². The summed E-state index contributed by atoms with van der Waals surface area (Å²) in [7, 11) is 6.38. The van der Waals surface area contributed by atoms with E-state index in [1.54, 1.807) is 0 Å². The van der Waals surface area contributed by atoms with E-state index in [0.717, 1.165) is 18.0 Å². The van der Waals surface area contributed by atoms with Gasteiger partial charge in [0.05, 0.1) is 5.69 Å². The molecule has 0 saturated carbocycles. The van der Waals surface area contributed by atoms with Crippen LogP contribution >= 0.6 is 0 Å². The fraction of sp³-hybridized carbons (Fsp3) is 0.562. The molecule has 0 radical (unpaired) electrons. The van der Waals surface area contributed by atoms with Gasteiger partial charge in [-0.05, 0) is 52.2 Å². The summed E-state index contributed by atoms with van der Waals surface area (Å²) in [6, 6.07) is 6.77. The molecule has 2 aromatic heterocycles. The lowest BCUT2D eigenvalue weighted by molar-refractivity contribution is 0.252. The maximum atomic E-state index is 4.86. The predicted molar refractivity (Wildman–Crippen MR) is 86.9 cm³/mol. The third kappa shape index (κ3) is 2.76. The number of nitrogens with one attached hydrogen (secondary N) is 1. The summed E-state index contributed by atoms with van der Waals surface area (Å²) in [4.78, 5) is 9.65. The first-order valence-electron chi connectivity index (χ1n) is 7.72. The molecule has 1 N–H and O–H groups in total. The molecule has 0 spiro atoms. The Balaban J connectivity index is 1.93. The van der Waals surface area contributed by atoms with Crippen LogP contribution < -0.4 is 10.2 Å². The van der Waals surface area contributed by atoms with Crippen LogP contribution in [0.1, 0.15) is 18.5 Å². The zero-order chi connectivity index (χ0) is 14.8. The van der Waals surface area contributed by atoms with Gasteiger partial charge in [0.25, 0.3) is 0 Å². The van der Waals surface area contributed by atoms with Crippen LogP contribution in [0.3, 0.4) is 0 Å². The molecular formula is C16H25N5. The molecule has 0 unspecified atom stereocenters. The number of piperidine rings is 1. The molecule has 1 fully saturated rings. The maximum Gasteiger partial charge on any atom is 0.152 e. The number of likely N-dealkylation sites (tertiary alicyclic amines) is 1. The highest BCUT2D eigenvalue weighted by atomic mass is 15.3. The molecule has 0 bridgehead atoms. The van der Waals surface area contributed by atoms with Crippen molar-refractivity contribution in [1.82, 2.24) is 19.6 Å². The van der Waals surface area contributed by atoms with Crippen LogP contribution in [0.5, 0.6) is 0 Å². The van der Waals surface area contributed by atoms with Crippen molar-refractivity contribution in [3.8, 4) is 0 Å². The van der Waals surface area contributed by atoms with E-state index in [1.807, 2.05) is 13.1 Å². The number of hydrogen-bond acceptors (Lipinski definition) is 4. The molecule has 114 valence electrons. The second-order valence-corrected chi connectivity index (χ2v) is 5.99. The number of fused-ring (bicyclic) bond motifs is 1. The second-order valence-electron chi connectivity index (χ2n) is 5.99. The predicted octanol–water partition coefficient (Wildman–Crippen LogP) is 1.58. The van der Waals surface area contributed by atoms with Crippen LogP contribution in [0.25, 0.3) is 5.65 Å². The smallest absolute Gasteiger partial charge is 0.152 e. The first-order chi connectivity index (χ1) is 10.2. The molecule has 3 rings (SSSR count). The number of imidazole rings is 1. The Hall–Kier alpha value is -1.59. The lowest BCUT2D eigenvalue weighted by atomic mass is 10.0. The first kappa shape index (κ1) is 14.4. The molecular weight excluding hydrogens is 262 g/mol. The minimum Gasteiger partial charge on any atom is -0.355 e. The molecule has 1 saturated heterocycles. The van der Waals surface area contributed by atoms with Crippen molar-refractivity contribution in [3.05, 3.63) is 30.1 Å². The summed E-state index contributed by atoms with van der Waals surface area (Å²) in [6.07, 6.45) is 4.51. The van der Waals surface area contributed by atoms with E-state index in [1.165, 1.54) is 31.6 Å². The van der Waals surface area contributed by atoms with Gasteiger partial charge in [0.2, 0.25) is 0 Å². The van der Waals surface area contributed by atoms with Crippen molar-refractivity contribution in [3.63, 3.8) is 0 Å². The third-order valence-corrected chi connectivity index (χ3v) is 4.52. The molecule has 21 heavy (non-hydrogen) atoms. The number of rotatable bonds is 4. The lowest BCUT2D eigenvalue weighted by Gasteiger charge is -2.35. The first-order valence-corrected chi connectivity index (χ1v) is 7.72. The Morgan fingerprint density at radius 1 is 1.33 bits per heavy atom. The number of hydrogen-bond donors (Lipinski definition) is 1. The summed E-state index contributed by atoms with van der Waals surface area (Å²) >= 11 is 0. The van der Waals surface area contributed by atoms with Gasteiger partial charge in [0, 0.05) is 25.8 Å². The normalized spacial score (nSPS) is 17.5. The van der Waals surface area contributed by atoms with E-state index in [0.29, 0.717) is 6.04 Å². The molecule has 0 aliphatic carbocycles. The average molecular weight is 287 g/mol. The highest BCUT2D eigenvalue weighted by Gasteiger charge is 2.24. The van der Waals surface area contributed by atoms with E-state index in [-0.39, 0.29) is 0 Å². The summed E-state index contributed by atoms with van der Waals surface area (Å²) in [6.45, 7) is 3.17. The number of nitrogens with zero attached hydrogens (tertiary/aromatic N) is 4. The molecule has 5 heteroatoms. The van der Waals surface area contributed by atoms with Crippen molar-refractivity contribution in [2.45, 2.75) is 25.4 Å². The van der Waals surface area contributed by atoms with Crippen molar-refractivity contribution >= 4 is 11.5 Å². The summed E-state index contributed by atoms with van der Waals surface area (Å²) in [5.41, 5.74) is 2.27. The van der Waals surface area contributed by atoms with Gasteiger partial charge in [-0.15, -0.1) is 0 Å². The van der Waals surface area contributed by atoms with Crippen LogP contribution in [0, 0.1) is 0 Å². The molecule has 1 aliphatic heterocycles. The second kappa shape index (κ2) is 6.03. The van der Waals surface area contributed by atoms with Crippen LogP contribution in [0.4, 0.5) is 5.82 Å². The van der Waals surface area contributed by atoms with Crippen molar-refractivity contribution in [2.24, 2.45) is 0 Å². The van der Waals surface area contributed by atoms with Gasteiger partial charge < -0.3 is 19.5 Å². The van der Waals surface area contributed by atoms with E-state index in [2.05, 4.69) is 51.9 Å². The van der Waals surface area contributed by atoms with Gasteiger partial charge in [-0.2, -0.15) is 0 Å². The van der Waals surface area contributed by atoms with Gasteiger partial charge in [-0.3, -0.25) is 0 Å². The van der Waals surface area contributed by atoms with E-state index in [9.17, 15) is 0 Å². The number of aromatic nitrogens is 2. The standard InChI is InChI=1S/C16H25N5/c1-17-12-14-16(18-15-6-4-5-9-21(14)15)20(3)13-7-10-19(2)11-8-13/h4-6,9,13,17H,7-8,10-12H2,1-3H3. The van der Waals surface area contributed by atoms with Crippen LogP contribution in [0.15, 0.2) is 24.4 Å². The molecule has 2 aromatic rings. The van der Waals surface area contributed by atoms with Crippen LogP contribution in [-0.4, -0.2) is 54.6 Å². The molecule has 3 heterocycles. The monoisotopic (exact) mass is 287 g/mol. The lowest BCUT2D eigenvalue weighted by Crippen LogP contribution is -2.42. The maximum absolute atomic E-state index is 4.86. The minimum absolute atomic E-state index is 0.585. The van der Waals surface area contributed by atoms with Crippen LogP contribution in [0.2, 0.25) is 0 Å². The zero-order valence-corrected chi connectivity index (χ0v) is 13.2. The Morgan fingerprint density at radius 2 is 2.10 bits per heavy atom. The number of anilines is 1. The van der Waals surface area contributed by atoms with Crippen LogP contribution in [-0.2, 0) is 6.54 Å².